The number of aromatic nitrogens is 1. The minimum atomic E-state index is -0.437. The zero-order valence-electron chi connectivity index (χ0n) is 19.1. The van der Waals surface area contributed by atoms with Gasteiger partial charge in [-0.3, -0.25) is 9.69 Å². The third-order valence-electron chi connectivity index (χ3n) is 5.97. The third kappa shape index (κ3) is 4.44. The van der Waals surface area contributed by atoms with Gasteiger partial charge in [-0.2, -0.15) is 0 Å². The second kappa shape index (κ2) is 9.30. The average Bonchev–Trinajstić information content (AvgIpc) is 3.36. The number of esters is 1. The van der Waals surface area contributed by atoms with Gasteiger partial charge in [-0.05, 0) is 35.4 Å². The summed E-state index contributed by atoms with van der Waals surface area (Å²) in [5.74, 6) is -0.744. The average molecular weight is 466 g/mol. The number of amides is 3. The highest BCUT2D eigenvalue weighted by atomic mass is 16.5. The first-order valence-corrected chi connectivity index (χ1v) is 11.2. The fourth-order valence-electron chi connectivity index (χ4n) is 4.27. The van der Waals surface area contributed by atoms with E-state index in [1.54, 1.807) is 18.2 Å². The normalized spacial score (nSPS) is 14.5. The van der Waals surface area contributed by atoms with Gasteiger partial charge in [0.1, 0.15) is 5.70 Å². The van der Waals surface area contributed by atoms with E-state index in [9.17, 15) is 14.4 Å². The van der Waals surface area contributed by atoms with Crippen LogP contribution in [-0.4, -0.2) is 34.5 Å². The van der Waals surface area contributed by atoms with Gasteiger partial charge in [0.25, 0.3) is 5.91 Å². The number of imide groups is 1. The summed E-state index contributed by atoms with van der Waals surface area (Å²) in [5, 5.41) is 3.66. The first-order valence-electron chi connectivity index (χ1n) is 11.2. The fraction of sp³-hybridized carbons (Fsp3) is 0.107. The van der Waals surface area contributed by atoms with Crippen LogP contribution in [0.2, 0.25) is 0 Å². The minimum Gasteiger partial charge on any atom is -0.465 e. The number of ether oxygens (including phenoxy) is 1. The molecule has 5 rings (SSSR count). The maximum Gasteiger partial charge on any atom is 0.337 e. The van der Waals surface area contributed by atoms with Crippen LogP contribution in [0, 0.1) is 0 Å². The number of urea groups is 1. The summed E-state index contributed by atoms with van der Waals surface area (Å²) in [6.45, 7) is 0.732. The molecule has 1 saturated heterocycles. The van der Waals surface area contributed by atoms with Gasteiger partial charge in [-0.1, -0.05) is 60.7 Å². The van der Waals surface area contributed by atoms with E-state index in [0.29, 0.717) is 12.1 Å². The van der Waals surface area contributed by atoms with E-state index in [0.717, 1.165) is 27.6 Å². The van der Waals surface area contributed by atoms with Crippen molar-refractivity contribution >= 4 is 34.9 Å². The van der Waals surface area contributed by atoms with Crippen molar-refractivity contribution in [2.45, 2.75) is 13.1 Å². The van der Waals surface area contributed by atoms with Crippen molar-refractivity contribution in [3.8, 4) is 0 Å². The zero-order valence-corrected chi connectivity index (χ0v) is 19.1. The lowest BCUT2D eigenvalue weighted by Gasteiger charge is -2.11. The second-order valence-corrected chi connectivity index (χ2v) is 8.29. The molecule has 1 aliphatic rings. The lowest BCUT2D eigenvalue weighted by Crippen LogP contribution is -2.30. The van der Waals surface area contributed by atoms with Crippen molar-refractivity contribution in [1.29, 1.82) is 0 Å². The summed E-state index contributed by atoms with van der Waals surface area (Å²) >= 11 is 0. The predicted octanol–water partition coefficient (Wildman–Crippen LogP) is 4.57. The number of hydrogen-bond acceptors (Lipinski definition) is 4. The highest BCUT2D eigenvalue weighted by Gasteiger charge is 2.33. The Morgan fingerprint density at radius 1 is 0.914 bits per heavy atom. The molecule has 1 aromatic heterocycles. The number of carbonyl (C=O) groups excluding carboxylic acids is 3. The van der Waals surface area contributed by atoms with Crippen molar-refractivity contribution in [3.05, 3.63) is 113 Å². The quantitative estimate of drug-likeness (QED) is 0.257. The third-order valence-corrected chi connectivity index (χ3v) is 5.97. The summed E-state index contributed by atoms with van der Waals surface area (Å²) in [6.07, 6.45) is 3.66. The highest BCUT2D eigenvalue weighted by Crippen LogP contribution is 2.26. The van der Waals surface area contributed by atoms with Crippen LogP contribution in [0.25, 0.3) is 17.0 Å². The Bertz CT molecular complexity index is 1470. The van der Waals surface area contributed by atoms with E-state index < -0.39 is 6.03 Å². The maximum atomic E-state index is 13.0. The standard InChI is InChI=1S/C28H23N3O4/c1-35-27(33)21-11-7-10-20(14-21)16-30-18-22(23-12-5-6-13-25(23)30)15-24-26(32)31(28(34)29-24)17-19-8-3-2-4-9-19/h2-15,18H,16-17H2,1H3,(H,29,34). The molecule has 174 valence electrons. The molecule has 1 aliphatic heterocycles. The van der Waals surface area contributed by atoms with E-state index >= 15 is 0 Å². The van der Waals surface area contributed by atoms with Crippen LogP contribution in [0.15, 0.2) is 90.8 Å². The molecule has 7 heteroatoms. The Kier molecular flexibility index (Phi) is 5.89. The van der Waals surface area contributed by atoms with Gasteiger partial charge < -0.3 is 14.6 Å². The highest BCUT2D eigenvalue weighted by molar-refractivity contribution is 6.14. The van der Waals surface area contributed by atoms with Gasteiger partial charge in [-0.15, -0.1) is 0 Å². The van der Waals surface area contributed by atoms with E-state index in [4.69, 9.17) is 4.74 Å². The van der Waals surface area contributed by atoms with Gasteiger partial charge in [-0.25, -0.2) is 9.59 Å². The Hall–Kier alpha value is -4.65. The second-order valence-electron chi connectivity index (χ2n) is 8.29. The van der Waals surface area contributed by atoms with Crippen molar-refractivity contribution in [1.82, 2.24) is 14.8 Å². The number of carbonyl (C=O) groups is 3. The number of fused-ring (bicyclic) bond motifs is 1. The number of para-hydroxylation sites is 1. The molecule has 1 fully saturated rings. The lowest BCUT2D eigenvalue weighted by atomic mass is 10.1. The van der Waals surface area contributed by atoms with Crippen LogP contribution < -0.4 is 5.32 Å². The summed E-state index contributed by atoms with van der Waals surface area (Å²) in [7, 11) is 1.36. The van der Waals surface area contributed by atoms with Crippen LogP contribution in [0.3, 0.4) is 0 Å². The zero-order chi connectivity index (χ0) is 24.4. The molecule has 7 nitrogen and oxygen atoms in total. The van der Waals surface area contributed by atoms with Crippen molar-refractivity contribution in [2.24, 2.45) is 0 Å². The van der Waals surface area contributed by atoms with Crippen LogP contribution in [-0.2, 0) is 22.6 Å². The number of hydrogen-bond donors (Lipinski definition) is 1. The molecular formula is C28H23N3O4. The van der Waals surface area contributed by atoms with Gasteiger partial charge in [0.2, 0.25) is 0 Å². The summed E-state index contributed by atoms with van der Waals surface area (Å²) in [5.41, 5.74) is 4.33. The number of benzene rings is 3. The Balaban J connectivity index is 1.45. The van der Waals surface area contributed by atoms with E-state index in [2.05, 4.69) is 9.88 Å². The van der Waals surface area contributed by atoms with Crippen molar-refractivity contribution in [2.75, 3.05) is 7.11 Å². The predicted molar refractivity (Wildman–Crippen MR) is 132 cm³/mol. The molecule has 0 spiro atoms. The Labute approximate surface area is 202 Å². The lowest BCUT2D eigenvalue weighted by molar-refractivity contribution is -0.123. The molecule has 35 heavy (non-hydrogen) atoms. The molecule has 0 unspecified atom stereocenters. The largest absolute Gasteiger partial charge is 0.465 e. The molecule has 3 aromatic carbocycles. The van der Waals surface area contributed by atoms with Crippen LogP contribution >= 0.6 is 0 Å². The number of rotatable bonds is 6. The molecule has 0 bridgehead atoms. The summed E-state index contributed by atoms with van der Waals surface area (Å²) in [4.78, 5) is 38.7. The Morgan fingerprint density at radius 3 is 2.46 bits per heavy atom. The number of nitrogens with one attached hydrogen (secondary N) is 1. The Morgan fingerprint density at radius 2 is 1.66 bits per heavy atom. The number of methoxy groups -OCH3 is 1. The molecule has 0 aliphatic carbocycles. The molecule has 4 aromatic rings. The molecule has 1 N–H and O–H groups in total. The van der Waals surface area contributed by atoms with Crippen LogP contribution in [0.5, 0.6) is 0 Å². The molecule has 3 amide bonds. The fourth-order valence-corrected chi connectivity index (χ4v) is 4.27. The topological polar surface area (TPSA) is 80.6 Å². The molecule has 0 saturated carbocycles. The monoisotopic (exact) mass is 465 g/mol. The summed E-state index contributed by atoms with van der Waals surface area (Å²) in [6, 6.07) is 24.1. The van der Waals surface area contributed by atoms with Crippen LogP contribution in [0.1, 0.15) is 27.0 Å². The SMILES string of the molecule is COC(=O)c1cccc(Cn2cc(C=C3NC(=O)N(Cc4ccccc4)C3=O)c3ccccc32)c1. The molecule has 0 atom stereocenters. The van der Waals surface area contributed by atoms with Gasteiger partial charge in [0, 0.05) is 29.2 Å². The molecular weight excluding hydrogens is 442 g/mol. The smallest absolute Gasteiger partial charge is 0.337 e. The van der Waals surface area contributed by atoms with Gasteiger partial charge in [0.05, 0.1) is 19.2 Å². The van der Waals surface area contributed by atoms with E-state index in [-0.39, 0.29) is 24.1 Å². The van der Waals surface area contributed by atoms with Crippen LogP contribution in [0.4, 0.5) is 4.79 Å². The van der Waals surface area contributed by atoms with Crippen molar-refractivity contribution in [3.63, 3.8) is 0 Å². The first-order chi connectivity index (χ1) is 17.0. The first kappa shape index (κ1) is 22.2. The van der Waals surface area contributed by atoms with Gasteiger partial charge >= 0.3 is 12.0 Å². The minimum absolute atomic E-state index is 0.209. The van der Waals surface area contributed by atoms with E-state index in [1.807, 2.05) is 72.9 Å². The molecule has 0 radical (unpaired) electrons. The molecule has 2 heterocycles. The number of nitrogens with zero attached hydrogens (tertiary/aromatic N) is 2. The van der Waals surface area contributed by atoms with E-state index in [1.165, 1.54) is 12.0 Å². The maximum absolute atomic E-state index is 13.0. The van der Waals surface area contributed by atoms with Crippen molar-refractivity contribution < 1.29 is 19.1 Å². The summed E-state index contributed by atoms with van der Waals surface area (Å²) < 4.78 is 6.89. The van der Waals surface area contributed by atoms with Gasteiger partial charge in [0.15, 0.2) is 0 Å².